The molecule has 0 aliphatic rings. The van der Waals surface area contributed by atoms with Crippen molar-refractivity contribution in [1.82, 2.24) is 0 Å². The van der Waals surface area contributed by atoms with Crippen LogP contribution in [0.15, 0.2) is 24.3 Å². The van der Waals surface area contributed by atoms with Gasteiger partial charge in [0.2, 0.25) is 0 Å². The van der Waals surface area contributed by atoms with Crippen LogP contribution in [0.2, 0.25) is 0 Å². The first-order chi connectivity index (χ1) is 5.70. The predicted octanol–water partition coefficient (Wildman–Crippen LogP) is 1.62. The van der Waals surface area contributed by atoms with Gasteiger partial charge in [0.25, 0.3) is 0 Å². The number of para-hydroxylation sites is 1. The zero-order valence-corrected chi connectivity index (χ0v) is 6.92. The van der Waals surface area contributed by atoms with Gasteiger partial charge >= 0.3 is 0 Å². The van der Waals surface area contributed by atoms with Crippen molar-refractivity contribution in [3.05, 3.63) is 30.1 Å². The fourth-order valence-corrected chi connectivity index (χ4v) is 0.862. The number of hydrogen-bond donors (Lipinski definition) is 2. The molecule has 0 aliphatic heterocycles. The molecule has 0 unspecified atom stereocenters. The van der Waals surface area contributed by atoms with E-state index in [9.17, 15) is 4.39 Å². The van der Waals surface area contributed by atoms with Crippen molar-refractivity contribution in [2.24, 2.45) is 0 Å². The number of anilines is 1. The Morgan fingerprint density at radius 2 is 2.17 bits per heavy atom. The largest absolute Gasteiger partial charge is 0.392 e. The first kappa shape index (κ1) is 9.00. The third-order valence-electron chi connectivity index (χ3n) is 1.46. The van der Waals surface area contributed by atoms with Crippen LogP contribution in [0.25, 0.3) is 0 Å². The van der Waals surface area contributed by atoms with Gasteiger partial charge in [-0.2, -0.15) is 0 Å². The van der Waals surface area contributed by atoms with Gasteiger partial charge in [-0.3, -0.25) is 0 Å². The minimum absolute atomic E-state index is 0.293. The van der Waals surface area contributed by atoms with Crippen molar-refractivity contribution >= 4 is 5.69 Å². The molecule has 2 N–H and O–H groups in total. The van der Waals surface area contributed by atoms with E-state index >= 15 is 0 Å². The molecule has 1 aromatic rings. The lowest BCUT2D eigenvalue weighted by Crippen LogP contribution is -2.15. The Hall–Kier alpha value is -1.09. The van der Waals surface area contributed by atoms with Crippen molar-refractivity contribution in [2.45, 2.75) is 13.0 Å². The summed E-state index contributed by atoms with van der Waals surface area (Å²) < 4.78 is 12.9. The number of halogens is 1. The third kappa shape index (κ3) is 2.51. The topological polar surface area (TPSA) is 32.3 Å². The molecule has 1 rings (SSSR count). The second-order valence-corrected chi connectivity index (χ2v) is 2.71. The number of benzene rings is 1. The fraction of sp³-hybridized carbons (Fsp3) is 0.333. The van der Waals surface area contributed by atoms with Crippen LogP contribution in [-0.4, -0.2) is 17.8 Å². The molecule has 0 bridgehead atoms. The number of nitrogens with one attached hydrogen (secondary N) is 1. The van der Waals surface area contributed by atoms with Gasteiger partial charge in [0, 0.05) is 6.54 Å². The molecule has 3 heteroatoms. The first-order valence-electron chi connectivity index (χ1n) is 3.86. The molecule has 12 heavy (non-hydrogen) atoms. The summed E-state index contributed by atoms with van der Waals surface area (Å²) in [6.45, 7) is 2.01. The Morgan fingerprint density at radius 3 is 2.75 bits per heavy atom. The van der Waals surface area contributed by atoms with Gasteiger partial charge in [-0.05, 0) is 19.1 Å². The van der Waals surface area contributed by atoms with E-state index < -0.39 is 6.10 Å². The molecule has 2 nitrogen and oxygen atoms in total. The Labute approximate surface area is 71.0 Å². The summed E-state index contributed by atoms with van der Waals surface area (Å²) in [7, 11) is 0. The maximum absolute atomic E-state index is 12.9. The minimum atomic E-state index is -0.468. The molecule has 0 saturated carbocycles. The molecule has 0 fully saturated rings. The second kappa shape index (κ2) is 4.07. The zero-order chi connectivity index (χ0) is 8.97. The van der Waals surface area contributed by atoms with Crippen LogP contribution in [0.5, 0.6) is 0 Å². The van der Waals surface area contributed by atoms with E-state index in [0.29, 0.717) is 12.2 Å². The number of aliphatic hydroxyl groups is 1. The highest BCUT2D eigenvalue weighted by Gasteiger charge is 2.00. The first-order valence-corrected chi connectivity index (χ1v) is 3.86. The highest BCUT2D eigenvalue weighted by atomic mass is 19.1. The molecule has 0 aromatic heterocycles. The number of hydrogen-bond acceptors (Lipinski definition) is 2. The Bertz CT molecular complexity index is 250. The van der Waals surface area contributed by atoms with Crippen LogP contribution in [0, 0.1) is 5.82 Å². The van der Waals surface area contributed by atoms with E-state index in [2.05, 4.69) is 5.32 Å². The normalized spacial score (nSPS) is 12.6. The average molecular weight is 169 g/mol. The van der Waals surface area contributed by atoms with Crippen molar-refractivity contribution in [1.29, 1.82) is 0 Å². The van der Waals surface area contributed by atoms with Crippen LogP contribution >= 0.6 is 0 Å². The molecule has 0 saturated heterocycles. The van der Waals surface area contributed by atoms with E-state index in [1.165, 1.54) is 6.07 Å². The van der Waals surface area contributed by atoms with Crippen molar-refractivity contribution < 1.29 is 9.50 Å². The van der Waals surface area contributed by atoms with Crippen LogP contribution < -0.4 is 5.32 Å². The summed E-state index contributed by atoms with van der Waals surface area (Å²) in [5.74, 6) is -0.293. The van der Waals surface area contributed by atoms with Crippen LogP contribution in [-0.2, 0) is 0 Å². The highest BCUT2D eigenvalue weighted by Crippen LogP contribution is 2.11. The van der Waals surface area contributed by atoms with E-state index in [-0.39, 0.29) is 5.82 Å². The number of aliphatic hydroxyl groups excluding tert-OH is 1. The van der Waals surface area contributed by atoms with Crippen LogP contribution in [0.4, 0.5) is 10.1 Å². The van der Waals surface area contributed by atoms with E-state index in [1.54, 1.807) is 25.1 Å². The summed E-state index contributed by atoms with van der Waals surface area (Å²) in [6.07, 6.45) is -0.468. The molecular weight excluding hydrogens is 157 g/mol. The van der Waals surface area contributed by atoms with E-state index in [1.807, 2.05) is 0 Å². The summed E-state index contributed by atoms with van der Waals surface area (Å²) >= 11 is 0. The lowest BCUT2D eigenvalue weighted by molar-refractivity contribution is 0.208. The monoisotopic (exact) mass is 169 g/mol. The van der Waals surface area contributed by atoms with Gasteiger partial charge < -0.3 is 10.4 Å². The Morgan fingerprint density at radius 1 is 1.50 bits per heavy atom. The summed E-state index contributed by atoms with van der Waals surface area (Å²) in [5, 5.41) is 11.7. The fourth-order valence-electron chi connectivity index (χ4n) is 0.862. The summed E-state index contributed by atoms with van der Waals surface area (Å²) in [5.41, 5.74) is 0.429. The van der Waals surface area contributed by atoms with Gasteiger partial charge in [-0.15, -0.1) is 0 Å². The molecule has 1 atom stereocenters. The molecule has 0 spiro atoms. The maximum atomic E-state index is 12.9. The summed E-state index contributed by atoms with van der Waals surface area (Å²) in [6, 6.07) is 6.39. The predicted molar refractivity (Wildman–Crippen MR) is 46.6 cm³/mol. The SMILES string of the molecule is C[C@@H](O)CNc1ccccc1F. The van der Waals surface area contributed by atoms with E-state index in [0.717, 1.165) is 0 Å². The zero-order valence-electron chi connectivity index (χ0n) is 6.92. The van der Waals surface area contributed by atoms with Crippen molar-refractivity contribution in [3.8, 4) is 0 Å². The third-order valence-corrected chi connectivity index (χ3v) is 1.46. The Balaban J connectivity index is 2.57. The van der Waals surface area contributed by atoms with Gasteiger partial charge in [-0.1, -0.05) is 12.1 Å². The van der Waals surface area contributed by atoms with Gasteiger partial charge in [0.05, 0.1) is 11.8 Å². The van der Waals surface area contributed by atoms with Crippen LogP contribution in [0.3, 0.4) is 0 Å². The molecule has 0 amide bonds. The minimum Gasteiger partial charge on any atom is -0.392 e. The quantitative estimate of drug-likeness (QED) is 0.720. The smallest absolute Gasteiger partial charge is 0.146 e. The standard InChI is InChI=1S/C9H12FNO/c1-7(12)6-11-9-5-3-2-4-8(9)10/h2-5,7,11-12H,6H2,1H3/t7-/m1/s1. The van der Waals surface area contributed by atoms with E-state index in [4.69, 9.17) is 5.11 Å². The molecular formula is C9H12FNO. The van der Waals surface area contributed by atoms with Crippen LogP contribution in [0.1, 0.15) is 6.92 Å². The van der Waals surface area contributed by atoms with Crippen molar-refractivity contribution in [2.75, 3.05) is 11.9 Å². The van der Waals surface area contributed by atoms with Gasteiger partial charge in [-0.25, -0.2) is 4.39 Å². The molecule has 0 heterocycles. The lowest BCUT2D eigenvalue weighted by atomic mass is 10.3. The van der Waals surface area contributed by atoms with Gasteiger partial charge in [0.15, 0.2) is 0 Å². The molecule has 0 radical (unpaired) electrons. The molecule has 66 valence electrons. The van der Waals surface area contributed by atoms with Gasteiger partial charge in [0.1, 0.15) is 5.82 Å². The maximum Gasteiger partial charge on any atom is 0.146 e. The Kier molecular flexibility index (Phi) is 3.05. The summed E-state index contributed by atoms with van der Waals surface area (Å²) in [4.78, 5) is 0. The number of rotatable bonds is 3. The lowest BCUT2D eigenvalue weighted by Gasteiger charge is -2.08. The molecule has 0 aliphatic carbocycles. The average Bonchev–Trinajstić information content (AvgIpc) is 2.03. The molecule has 1 aromatic carbocycles. The van der Waals surface area contributed by atoms with Crippen molar-refractivity contribution in [3.63, 3.8) is 0 Å². The highest BCUT2D eigenvalue weighted by molar-refractivity contribution is 5.44. The second-order valence-electron chi connectivity index (χ2n) is 2.71.